The molecule has 4 heteroatoms. The summed E-state index contributed by atoms with van der Waals surface area (Å²) in [5.41, 5.74) is 1.14. The van der Waals surface area contributed by atoms with Crippen LogP contribution in [-0.2, 0) is 0 Å². The third-order valence-electron chi connectivity index (χ3n) is 3.86. The predicted molar refractivity (Wildman–Crippen MR) is 65.9 cm³/mol. The van der Waals surface area contributed by atoms with Crippen LogP contribution in [0.15, 0.2) is 10.7 Å². The molecule has 0 saturated carbocycles. The van der Waals surface area contributed by atoms with E-state index in [9.17, 15) is 0 Å². The Labute approximate surface area is 102 Å². The smallest absolute Gasteiger partial charge is 0.211 e. The molecule has 2 aliphatic rings. The van der Waals surface area contributed by atoms with Gasteiger partial charge in [-0.15, -0.1) is 0 Å². The number of hydrogen-bond acceptors (Lipinski definition) is 4. The van der Waals surface area contributed by atoms with E-state index in [1.165, 1.54) is 25.7 Å². The fourth-order valence-electron chi connectivity index (χ4n) is 2.82. The van der Waals surface area contributed by atoms with Crippen LogP contribution in [0.2, 0.25) is 0 Å². The van der Waals surface area contributed by atoms with Crippen molar-refractivity contribution in [3.8, 4) is 0 Å². The van der Waals surface area contributed by atoms with Gasteiger partial charge in [0.1, 0.15) is 6.26 Å². The minimum atomic E-state index is 0.342. The molecule has 1 aromatic heterocycles. The van der Waals surface area contributed by atoms with E-state index in [0.717, 1.165) is 37.6 Å². The molecule has 1 aromatic rings. The van der Waals surface area contributed by atoms with Gasteiger partial charge in [-0.2, -0.15) is 0 Å². The zero-order valence-corrected chi connectivity index (χ0v) is 10.2. The average molecular weight is 235 g/mol. The lowest BCUT2D eigenvalue weighted by molar-refractivity contribution is 0.338. The van der Waals surface area contributed by atoms with Gasteiger partial charge >= 0.3 is 0 Å². The van der Waals surface area contributed by atoms with Gasteiger partial charge in [0.25, 0.3) is 0 Å². The molecule has 0 amide bonds. The first-order chi connectivity index (χ1) is 8.43. The van der Waals surface area contributed by atoms with E-state index in [0.29, 0.717) is 12.0 Å². The first kappa shape index (κ1) is 11.2. The highest BCUT2D eigenvalue weighted by Gasteiger charge is 2.23. The number of nitrogens with zero attached hydrogens (tertiary/aromatic N) is 1. The van der Waals surface area contributed by atoms with Crippen molar-refractivity contribution in [3.05, 3.63) is 17.8 Å². The molecule has 2 aliphatic heterocycles. The molecule has 4 nitrogen and oxygen atoms in total. The van der Waals surface area contributed by atoms with Crippen molar-refractivity contribution in [1.29, 1.82) is 0 Å². The van der Waals surface area contributed by atoms with Crippen molar-refractivity contribution in [2.24, 2.45) is 0 Å². The number of nitrogens with one attached hydrogen (secondary N) is 2. The van der Waals surface area contributed by atoms with E-state index in [1.807, 2.05) is 6.26 Å². The van der Waals surface area contributed by atoms with Crippen LogP contribution in [0.4, 0.5) is 0 Å². The summed E-state index contributed by atoms with van der Waals surface area (Å²) >= 11 is 0. The lowest BCUT2D eigenvalue weighted by Crippen LogP contribution is -2.29. The largest absolute Gasteiger partial charge is 0.447 e. The third-order valence-corrected chi connectivity index (χ3v) is 3.86. The maximum Gasteiger partial charge on any atom is 0.211 e. The van der Waals surface area contributed by atoms with E-state index in [-0.39, 0.29) is 0 Å². The minimum Gasteiger partial charge on any atom is -0.447 e. The lowest BCUT2D eigenvalue weighted by atomic mass is 9.97. The Kier molecular flexibility index (Phi) is 3.43. The third kappa shape index (κ3) is 2.53. The van der Waals surface area contributed by atoms with Crippen molar-refractivity contribution in [2.45, 2.75) is 44.1 Å². The molecule has 3 rings (SSSR count). The summed E-state index contributed by atoms with van der Waals surface area (Å²) in [7, 11) is 0. The van der Waals surface area contributed by atoms with Crippen LogP contribution in [0.25, 0.3) is 0 Å². The SMILES string of the molecule is c1oc(C2CCCCN2)nc1C1CCCNC1. The zero-order valence-electron chi connectivity index (χ0n) is 10.2. The molecule has 94 valence electrons. The average Bonchev–Trinajstić information content (AvgIpc) is 2.90. The van der Waals surface area contributed by atoms with Gasteiger partial charge < -0.3 is 15.1 Å². The van der Waals surface area contributed by atoms with Gasteiger partial charge in [0.05, 0.1) is 11.7 Å². The normalized spacial score (nSPS) is 30.4. The zero-order chi connectivity index (χ0) is 11.5. The van der Waals surface area contributed by atoms with E-state index >= 15 is 0 Å². The second kappa shape index (κ2) is 5.19. The summed E-state index contributed by atoms with van der Waals surface area (Å²) in [6.07, 6.45) is 8.05. The summed E-state index contributed by atoms with van der Waals surface area (Å²) in [5.74, 6) is 1.44. The highest BCUT2D eigenvalue weighted by atomic mass is 16.3. The van der Waals surface area contributed by atoms with Crippen molar-refractivity contribution < 1.29 is 4.42 Å². The molecule has 3 heterocycles. The molecule has 0 aromatic carbocycles. The second-order valence-corrected chi connectivity index (χ2v) is 5.16. The molecule has 2 atom stereocenters. The fraction of sp³-hybridized carbons (Fsp3) is 0.769. The monoisotopic (exact) mass is 235 g/mol. The number of piperidine rings is 2. The summed E-state index contributed by atoms with van der Waals surface area (Å²) in [6.45, 7) is 3.28. The first-order valence-corrected chi connectivity index (χ1v) is 6.83. The highest BCUT2D eigenvalue weighted by Crippen LogP contribution is 2.27. The van der Waals surface area contributed by atoms with Crippen LogP contribution < -0.4 is 10.6 Å². The van der Waals surface area contributed by atoms with Crippen molar-refractivity contribution >= 4 is 0 Å². The van der Waals surface area contributed by atoms with Gasteiger partial charge in [-0.25, -0.2) is 4.98 Å². The Balaban J connectivity index is 1.68. The maximum absolute atomic E-state index is 5.66. The molecule has 2 saturated heterocycles. The maximum atomic E-state index is 5.66. The van der Waals surface area contributed by atoms with Crippen molar-refractivity contribution in [3.63, 3.8) is 0 Å². The van der Waals surface area contributed by atoms with Gasteiger partial charge in [-0.05, 0) is 38.8 Å². The molecule has 0 spiro atoms. The lowest BCUT2D eigenvalue weighted by Gasteiger charge is -2.21. The summed E-state index contributed by atoms with van der Waals surface area (Å²) in [4.78, 5) is 4.69. The van der Waals surface area contributed by atoms with Crippen LogP contribution in [-0.4, -0.2) is 24.6 Å². The first-order valence-electron chi connectivity index (χ1n) is 6.83. The van der Waals surface area contributed by atoms with Crippen molar-refractivity contribution in [1.82, 2.24) is 15.6 Å². The van der Waals surface area contributed by atoms with Gasteiger partial charge in [-0.1, -0.05) is 6.42 Å². The van der Waals surface area contributed by atoms with Crippen LogP contribution >= 0.6 is 0 Å². The molecule has 17 heavy (non-hydrogen) atoms. The molecule has 0 bridgehead atoms. The Hall–Kier alpha value is -0.870. The molecule has 2 N–H and O–H groups in total. The Bertz CT molecular complexity index is 319. The topological polar surface area (TPSA) is 50.1 Å². The standard InChI is InChI=1S/C13H21N3O/c1-2-7-15-11(5-1)13-16-12(9-17-13)10-4-3-6-14-8-10/h9-11,14-15H,1-8H2. The van der Waals surface area contributed by atoms with Gasteiger partial charge in [-0.3, -0.25) is 0 Å². The van der Waals surface area contributed by atoms with E-state index in [1.54, 1.807) is 0 Å². The highest BCUT2D eigenvalue weighted by molar-refractivity contribution is 5.08. The molecule has 2 unspecified atom stereocenters. The van der Waals surface area contributed by atoms with E-state index in [2.05, 4.69) is 15.6 Å². The number of hydrogen-bond donors (Lipinski definition) is 2. The molecular weight excluding hydrogens is 214 g/mol. The quantitative estimate of drug-likeness (QED) is 0.822. The van der Waals surface area contributed by atoms with Crippen molar-refractivity contribution in [2.75, 3.05) is 19.6 Å². The van der Waals surface area contributed by atoms with Gasteiger partial charge in [0.15, 0.2) is 0 Å². The Morgan fingerprint density at radius 2 is 2.18 bits per heavy atom. The second-order valence-electron chi connectivity index (χ2n) is 5.16. The van der Waals surface area contributed by atoms with Crippen LogP contribution in [0.3, 0.4) is 0 Å². The molecule has 0 aliphatic carbocycles. The molecular formula is C13H21N3O. The fourth-order valence-corrected chi connectivity index (χ4v) is 2.82. The number of rotatable bonds is 2. The summed E-state index contributed by atoms with van der Waals surface area (Å²) in [6, 6.07) is 0.342. The Morgan fingerprint density at radius 3 is 2.94 bits per heavy atom. The van der Waals surface area contributed by atoms with Gasteiger partial charge in [0, 0.05) is 12.5 Å². The molecule has 2 fully saturated rings. The summed E-state index contributed by atoms with van der Waals surface area (Å²) in [5, 5.41) is 6.90. The van der Waals surface area contributed by atoms with E-state index < -0.39 is 0 Å². The minimum absolute atomic E-state index is 0.342. The van der Waals surface area contributed by atoms with Gasteiger partial charge in [0.2, 0.25) is 5.89 Å². The predicted octanol–water partition coefficient (Wildman–Crippen LogP) is 1.96. The number of oxazole rings is 1. The van der Waals surface area contributed by atoms with Crippen LogP contribution in [0.5, 0.6) is 0 Å². The Morgan fingerprint density at radius 1 is 1.18 bits per heavy atom. The van der Waals surface area contributed by atoms with E-state index in [4.69, 9.17) is 4.42 Å². The number of aromatic nitrogens is 1. The van der Waals surface area contributed by atoms with Crippen LogP contribution in [0, 0.1) is 0 Å². The van der Waals surface area contributed by atoms with Crippen LogP contribution in [0.1, 0.15) is 55.6 Å². The summed E-state index contributed by atoms with van der Waals surface area (Å²) < 4.78 is 5.66. The molecule has 0 radical (unpaired) electrons.